The zero-order valence-electron chi connectivity index (χ0n) is 13.1. The molecule has 0 aliphatic carbocycles. The Morgan fingerprint density at radius 2 is 2.14 bits per heavy atom. The highest BCUT2D eigenvalue weighted by molar-refractivity contribution is 5.84. The molecule has 2 amide bonds. The molecule has 2 saturated heterocycles. The van der Waals surface area contributed by atoms with Crippen LogP contribution in [0.2, 0.25) is 0 Å². The van der Waals surface area contributed by atoms with Gasteiger partial charge in [0.15, 0.2) is 0 Å². The van der Waals surface area contributed by atoms with Crippen LogP contribution in [0.25, 0.3) is 0 Å². The second-order valence-corrected chi connectivity index (χ2v) is 6.31. The van der Waals surface area contributed by atoms with E-state index in [1.54, 1.807) is 4.90 Å². The van der Waals surface area contributed by atoms with Gasteiger partial charge in [-0.15, -0.1) is 0 Å². The first kappa shape index (κ1) is 15.0. The van der Waals surface area contributed by atoms with Crippen molar-refractivity contribution in [2.24, 2.45) is 11.8 Å². The Balaban J connectivity index is 1.62. The number of carbonyl (C=O) groups excluding carboxylic acids is 2. The van der Waals surface area contributed by atoms with E-state index >= 15 is 0 Å². The molecule has 22 heavy (non-hydrogen) atoms. The molecule has 2 atom stereocenters. The summed E-state index contributed by atoms with van der Waals surface area (Å²) < 4.78 is 4.89. The number of benzene rings is 1. The fourth-order valence-electron chi connectivity index (χ4n) is 3.54. The molecule has 0 spiro atoms. The summed E-state index contributed by atoms with van der Waals surface area (Å²) in [7, 11) is 1.52. The van der Waals surface area contributed by atoms with E-state index in [0.29, 0.717) is 19.6 Å². The van der Waals surface area contributed by atoms with Crippen LogP contribution in [-0.2, 0) is 20.9 Å². The number of hydrogen-bond donors (Lipinski definition) is 0. The molecule has 2 aliphatic rings. The summed E-state index contributed by atoms with van der Waals surface area (Å²) in [6.07, 6.45) is 0. The Morgan fingerprint density at radius 1 is 1.32 bits per heavy atom. The van der Waals surface area contributed by atoms with Gasteiger partial charge in [0.05, 0.1) is 5.92 Å². The standard InChI is InChI=1S/C17H22N2O3/c1-12-4-3-5-13(6-12)7-19-9-14-8-18(16(20)11-22-2)10-15(14)17(19)21/h3-6,14-15H,7-11H2,1-2H3/t14-,15-/m0/s1. The quantitative estimate of drug-likeness (QED) is 0.835. The van der Waals surface area contributed by atoms with Gasteiger partial charge in [0, 0.05) is 39.2 Å². The summed E-state index contributed by atoms with van der Waals surface area (Å²) in [6.45, 7) is 4.77. The number of hydrogen-bond acceptors (Lipinski definition) is 3. The fourth-order valence-corrected chi connectivity index (χ4v) is 3.54. The van der Waals surface area contributed by atoms with Crippen LogP contribution < -0.4 is 0 Å². The predicted molar refractivity (Wildman–Crippen MR) is 82.0 cm³/mol. The van der Waals surface area contributed by atoms with Crippen molar-refractivity contribution in [1.29, 1.82) is 0 Å². The van der Waals surface area contributed by atoms with E-state index in [9.17, 15) is 9.59 Å². The van der Waals surface area contributed by atoms with Gasteiger partial charge in [0.25, 0.3) is 0 Å². The van der Waals surface area contributed by atoms with Gasteiger partial charge in [-0.25, -0.2) is 0 Å². The summed E-state index contributed by atoms with van der Waals surface area (Å²) in [5, 5.41) is 0. The van der Waals surface area contributed by atoms with Gasteiger partial charge in [-0.1, -0.05) is 29.8 Å². The van der Waals surface area contributed by atoms with Gasteiger partial charge in [-0.3, -0.25) is 9.59 Å². The maximum absolute atomic E-state index is 12.6. The Hall–Kier alpha value is -1.88. The first-order chi connectivity index (χ1) is 10.6. The number of methoxy groups -OCH3 is 1. The second-order valence-electron chi connectivity index (χ2n) is 6.31. The highest BCUT2D eigenvalue weighted by atomic mass is 16.5. The first-order valence-electron chi connectivity index (χ1n) is 7.69. The number of nitrogens with zero attached hydrogens (tertiary/aromatic N) is 2. The summed E-state index contributed by atoms with van der Waals surface area (Å²) >= 11 is 0. The molecule has 0 N–H and O–H groups in total. The first-order valence-corrected chi connectivity index (χ1v) is 7.69. The van der Waals surface area contributed by atoms with Crippen LogP contribution in [-0.4, -0.2) is 55.0 Å². The summed E-state index contributed by atoms with van der Waals surface area (Å²) in [4.78, 5) is 28.1. The normalized spacial score (nSPS) is 24.0. The Bertz CT molecular complexity index is 587. The second kappa shape index (κ2) is 6.08. The van der Waals surface area contributed by atoms with Crippen molar-refractivity contribution in [3.05, 3.63) is 35.4 Å². The molecule has 118 valence electrons. The average molecular weight is 302 g/mol. The topological polar surface area (TPSA) is 49.9 Å². The van der Waals surface area contributed by atoms with Crippen molar-refractivity contribution in [2.45, 2.75) is 13.5 Å². The van der Waals surface area contributed by atoms with Gasteiger partial charge < -0.3 is 14.5 Å². The Labute approximate surface area is 130 Å². The van der Waals surface area contributed by atoms with Crippen LogP contribution >= 0.6 is 0 Å². The predicted octanol–water partition coefficient (Wildman–Crippen LogP) is 1.06. The number of rotatable bonds is 4. The lowest BCUT2D eigenvalue weighted by molar-refractivity contribution is -0.136. The molecule has 0 saturated carbocycles. The van der Waals surface area contributed by atoms with E-state index in [2.05, 4.69) is 25.1 Å². The fraction of sp³-hybridized carbons (Fsp3) is 0.529. The van der Waals surface area contributed by atoms with E-state index in [1.807, 2.05) is 11.0 Å². The maximum Gasteiger partial charge on any atom is 0.248 e. The largest absolute Gasteiger partial charge is 0.375 e. The SMILES string of the molecule is COCC(=O)N1C[C@H]2CN(Cc3cccc(C)c3)C(=O)[C@H]2C1. The van der Waals surface area contributed by atoms with Gasteiger partial charge in [-0.2, -0.15) is 0 Å². The van der Waals surface area contributed by atoms with Crippen molar-refractivity contribution < 1.29 is 14.3 Å². The molecular weight excluding hydrogens is 280 g/mol. The lowest BCUT2D eigenvalue weighted by Gasteiger charge is -2.22. The van der Waals surface area contributed by atoms with E-state index in [0.717, 1.165) is 6.54 Å². The minimum atomic E-state index is -0.0365. The van der Waals surface area contributed by atoms with Crippen molar-refractivity contribution in [2.75, 3.05) is 33.4 Å². The smallest absolute Gasteiger partial charge is 0.248 e. The molecule has 3 rings (SSSR count). The third kappa shape index (κ3) is 2.86. The van der Waals surface area contributed by atoms with Crippen LogP contribution in [0.5, 0.6) is 0 Å². The molecule has 5 nitrogen and oxygen atoms in total. The van der Waals surface area contributed by atoms with Crippen LogP contribution in [0, 0.1) is 18.8 Å². The monoisotopic (exact) mass is 302 g/mol. The van der Waals surface area contributed by atoms with Gasteiger partial charge in [0.2, 0.25) is 11.8 Å². The average Bonchev–Trinajstić information content (AvgIpc) is 3.00. The number of ether oxygens (including phenoxy) is 1. The molecule has 0 unspecified atom stereocenters. The lowest BCUT2D eigenvalue weighted by Crippen LogP contribution is -2.36. The van der Waals surface area contributed by atoms with E-state index in [-0.39, 0.29) is 30.3 Å². The van der Waals surface area contributed by atoms with Gasteiger partial charge in [0.1, 0.15) is 6.61 Å². The summed E-state index contributed by atoms with van der Waals surface area (Å²) in [6, 6.07) is 8.26. The zero-order valence-corrected chi connectivity index (χ0v) is 13.1. The highest BCUT2D eigenvalue weighted by Gasteiger charge is 2.47. The Morgan fingerprint density at radius 3 is 2.82 bits per heavy atom. The van der Waals surface area contributed by atoms with E-state index in [1.165, 1.54) is 18.2 Å². The molecular formula is C17H22N2O3. The Kier molecular flexibility index (Phi) is 4.16. The molecule has 1 aromatic rings. The number of carbonyl (C=O) groups is 2. The number of likely N-dealkylation sites (tertiary alicyclic amines) is 2. The van der Waals surface area contributed by atoms with Crippen molar-refractivity contribution in [3.8, 4) is 0 Å². The zero-order chi connectivity index (χ0) is 15.7. The molecule has 0 bridgehead atoms. The number of amides is 2. The maximum atomic E-state index is 12.6. The molecule has 5 heteroatoms. The minimum Gasteiger partial charge on any atom is -0.375 e. The molecule has 2 heterocycles. The molecule has 0 aromatic heterocycles. The lowest BCUT2D eigenvalue weighted by atomic mass is 10.0. The molecule has 1 aromatic carbocycles. The summed E-state index contributed by atoms with van der Waals surface area (Å²) in [5.41, 5.74) is 2.38. The van der Waals surface area contributed by atoms with Crippen molar-refractivity contribution in [1.82, 2.24) is 9.80 Å². The van der Waals surface area contributed by atoms with Gasteiger partial charge >= 0.3 is 0 Å². The van der Waals surface area contributed by atoms with Crippen molar-refractivity contribution in [3.63, 3.8) is 0 Å². The molecule has 2 fully saturated rings. The van der Waals surface area contributed by atoms with Crippen LogP contribution in [0.15, 0.2) is 24.3 Å². The van der Waals surface area contributed by atoms with E-state index < -0.39 is 0 Å². The minimum absolute atomic E-state index is 0.0186. The van der Waals surface area contributed by atoms with Crippen molar-refractivity contribution >= 4 is 11.8 Å². The number of aryl methyl sites for hydroxylation is 1. The summed E-state index contributed by atoms with van der Waals surface area (Å²) in [5.74, 6) is 0.387. The van der Waals surface area contributed by atoms with Crippen LogP contribution in [0.1, 0.15) is 11.1 Å². The van der Waals surface area contributed by atoms with E-state index in [4.69, 9.17) is 4.74 Å². The highest BCUT2D eigenvalue weighted by Crippen LogP contribution is 2.33. The molecule has 0 radical (unpaired) electrons. The van der Waals surface area contributed by atoms with Crippen LogP contribution in [0.3, 0.4) is 0 Å². The number of fused-ring (bicyclic) bond motifs is 1. The van der Waals surface area contributed by atoms with Gasteiger partial charge in [-0.05, 0) is 12.5 Å². The third-order valence-corrected chi connectivity index (χ3v) is 4.60. The molecule has 2 aliphatic heterocycles. The third-order valence-electron chi connectivity index (χ3n) is 4.60. The van der Waals surface area contributed by atoms with Crippen LogP contribution in [0.4, 0.5) is 0 Å².